The second-order valence-electron chi connectivity index (χ2n) is 5.41. The lowest BCUT2D eigenvalue weighted by atomic mass is 10.2. The summed E-state index contributed by atoms with van der Waals surface area (Å²) in [6.45, 7) is 6.30. The number of rotatable bonds is 7. The van der Waals surface area contributed by atoms with Gasteiger partial charge in [0.2, 0.25) is 5.88 Å². The van der Waals surface area contributed by atoms with Crippen molar-refractivity contribution in [2.24, 2.45) is 5.92 Å². The van der Waals surface area contributed by atoms with E-state index in [0.29, 0.717) is 17.4 Å². The molecule has 21 heavy (non-hydrogen) atoms. The van der Waals surface area contributed by atoms with E-state index in [4.69, 9.17) is 4.74 Å². The Hall–Kier alpha value is -1.94. The van der Waals surface area contributed by atoms with Gasteiger partial charge in [-0.3, -0.25) is 0 Å². The first kappa shape index (κ1) is 15.4. The zero-order valence-electron chi connectivity index (χ0n) is 12.5. The summed E-state index contributed by atoms with van der Waals surface area (Å²) in [5, 5.41) is 3.36. The number of hydrogen-bond acceptors (Lipinski definition) is 3. The largest absolute Gasteiger partial charge is 0.473 e. The van der Waals surface area contributed by atoms with Gasteiger partial charge < -0.3 is 10.1 Å². The van der Waals surface area contributed by atoms with E-state index in [9.17, 15) is 4.39 Å². The van der Waals surface area contributed by atoms with Gasteiger partial charge >= 0.3 is 0 Å². The van der Waals surface area contributed by atoms with E-state index in [1.807, 2.05) is 12.1 Å². The molecule has 0 aliphatic rings. The average Bonchev–Trinajstić information content (AvgIpc) is 2.47. The number of hydrogen-bond donors (Lipinski definition) is 1. The molecule has 1 N–H and O–H groups in total. The van der Waals surface area contributed by atoms with Gasteiger partial charge in [-0.25, -0.2) is 9.37 Å². The van der Waals surface area contributed by atoms with Crippen molar-refractivity contribution in [1.82, 2.24) is 10.3 Å². The van der Waals surface area contributed by atoms with E-state index in [0.717, 1.165) is 18.7 Å². The monoisotopic (exact) mass is 288 g/mol. The minimum Gasteiger partial charge on any atom is -0.473 e. The lowest BCUT2D eigenvalue weighted by molar-refractivity contribution is 0.288. The third-order valence-electron chi connectivity index (χ3n) is 3.01. The zero-order chi connectivity index (χ0) is 15.1. The van der Waals surface area contributed by atoms with Crippen LogP contribution in [0.3, 0.4) is 0 Å². The molecule has 0 saturated carbocycles. The maximum Gasteiger partial charge on any atom is 0.213 e. The van der Waals surface area contributed by atoms with Gasteiger partial charge in [-0.1, -0.05) is 38.1 Å². The maximum atomic E-state index is 13.5. The molecule has 2 rings (SSSR count). The molecule has 0 aliphatic carbocycles. The lowest BCUT2D eigenvalue weighted by Crippen LogP contribution is -2.18. The summed E-state index contributed by atoms with van der Waals surface area (Å²) in [4.78, 5) is 4.24. The fourth-order valence-corrected chi connectivity index (χ4v) is 1.87. The molecule has 0 unspecified atom stereocenters. The maximum absolute atomic E-state index is 13.5. The number of halogens is 1. The number of nitrogens with one attached hydrogen (secondary N) is 1. The average molecular weight is 288 g/mol. The van der Waals surface area contributed by atoms with E-state index in [1.165, 1.54) is 6.07 Å². The molecule has 0 atom stereocenters. The van der Waals surface area contributed by atoms with Crippen molar-refractivity contribution < 1.29 is 9.13 Å². The Kier molecular flexibility index (Phi) is 5.69. The summed E-state index contributed by atoms with van der Waals surface area (Å²) in [5.74, 6) is 0.874. The summed E-state index contributed by atoms with van der Waals surface area (Å²) in [7, 11) is 0. The van der Waals surface area contributed by atoms with Crippen LogP contribution in [-0.4, -0.2) is 11.5 Å². The van der Waals surface area contributed by atoms with Crippen LogP contribution >= 0.6 is 0 Å². The van der Waals surface area contributed by atoms with Gasteiger partial charge in [0, 0.05) is 24.4 Å². The molecule has 1 aromatic heterocycles. The minimum atomic E-state index is -0.257. The Labute approximate surface area is 125 Å². The van der Waals surface area contributed by atoms with Crippen molar-refractivity contribution in [2.75, 3.05) is 6.54 Å². The molecule has 0 fully saturated rings. The minimum absolute atomic E-state index is 0.185. The first-order chi connectivity index (χ1) is 10.1. The summed E-state index contributed by atoms with van der Waals surface area (Å²) in [5.41, 5.74) is 1.64. The third-order valence-corrected chi connectivity index (χ3v) is 3.01. The van der Waals surface area contributed by atoms with Crippen LogP contribution in [0.2, 0.25) is 0 Å². The topological polar surface area (TPSA) is 34.1 Å². The molecule has 1 aromatic carbocycles. The quantitative estimate of drug-likeness (QED) is 0.846. The Balaban J connectivity index is 1.84. The van der Waals surface area contributed by atoms with Crippen LogP contribution in [0.25, 0.3) is 0 Å². The fourth-order valence-electron chi connectivity index (χ4n) is 1.87. The number of aromatic nitrogens is 1. The van der Waals surface area contributed by atoms with Crippen LogP contribution in [0.1, 0.15) is 25.0 Å². The second kappa shape index (κ2) is 7.74. The Morgan fingerprint density at radius 2 is 2.00 bits per heavy atom. The molecule has 0 aliphatic heterocycles. The van der Waals surface area contributed by atoms with E-state index in [-0.39, 0.29) is 12.4 Å². The highest BCUT2D eigenvalue weighted by molar-refractivity contribution is 5.20. The molecule has 1 heterocycles. The van der Waals surface area contributed by atoms with Crippen LogP contribution < -0.4 is 10.1 Å². The van der Waals surface area contributed by atoms with Crippen LogP contribution in [0, 0.1) is 11.7 Å². The molecule has 0 radical (unpaired) electrons. The molecule has 0 spiro atoms. The standard InChI is InChI=1S/C17H21FN2O/c1-13(2)9-19-10-14-7-8-17(20-11-14)21-12-15-5-3-4-6-16(15)18/h3-8,11,13,19H,9-10,12H2,1-2H3. The van der Waals surface area contributed by atoms with Crippen molar-refractivity contribution in [2.45, 2.75) is 27.0 Å². The highest BCUT2D eigenvalue weighted by Gasteiger charge is 2.03. The van der Waals surface area contributed by atoms with Gasteiger partial charge in [0.05, 0.1) is 0 Å². The number of ether oxygens (including phenoxy) is 1. The summed E-state index contributed by atoms with van der Waals surface area (Å²) < 4.78 is 19.0. The molecule has 0 saturated heterocycles. The highest BCUT2D eigenvalue weighted by Crippen LogP contribution is 2.12. The van der Waals surface area contributed by atoms with Crippen molar-refractivity contribution in [3.05, 3.63) is 59.5 Å². The van der Waals surface area contributed by atoms with Crippen molar-refractivity contribution >= 4 is 0 Å². The molecule has 112 valence electrons. The first-order valence-corrected chi connectivity index (χ1v) is 7.17. The van der Waals surface area contributed by atoms with Gasteiger partial charge in [0.15, 0.2) is 0 Å². The fraction of sp³-hybridized carbons (Fsp3) is 0.353. The highest BCUT2D eigenvalue weighted by atomic mass is 19.1. The van der Waals surface area contributed by atoms with Crippen LogP contribution in [0.4, 0.5) is 4.39 Å². The third kappa shape index (κ3) is 5.16. The van der Waals surface area contributed by atoms with E-state index < -0.39 is 0 Å². The van der Waals surface area contributed by atoms with Gasteiger partial charge in [-0.15, -0.1) is 0 Å². The molecule has 2 aromatic rings. The summed E-state index contributed by atoms with van der Waals surface area (Å²) in [6.07, 6.45) is 1.78. The van der Waals surface area contributed by atoms with Crippen molar-refractivity contribution in [3.8, 4) is 5.88 Å². The zero-order valence-corrected chi connectivity index (χ0v) is 12.5. The molecule has 4 heteroatoms. The summed E-state index contributed by atoms with van der Waals surface area (Å²) >= 11 is 0. The predicted octanol–water partition coefficient (Wildman–Crippen LogP) is 3.55. The second-order valence-corrected chi connectivity index (χ2v) is 5.41. The van der Waals surface area contributed by atoms with E-state index in [1.54, 1.807) is 24.4 Å². The Morgan fingerprint density at radius 1 is 1.19 bits per heavy atom. The van der Waals surface area contributed by atoms with Crippen molar-refractivity contribution in [3.63, 3.8) is 0 Å². The van der Waals surface area contributed by atoms with E-state index >= 15 is 0 Å². The molecular formula is C17H21FN2O. The SMILES string of the molecule is CC(C)CNCc1ccc(OCc2ccccc2F)nc1. The van der Waals surface area contributed by atoms with Gasteiger partial charge in [0.1, 0.15) is 12.4 Å². The van der Waals surface area contributed by atoms with Crippen LogP contribution in [0.5, 0.6) is 5.88 Å². The van der Waals surface area contributed by atoms with Gasteiger partial charge in [-0.05, 0) is 24.1 Å². The van der Waals surface area contributed by atoms with Crippen molar-refractivity contribution in [1.29, 1.82) is 0 Å². The normalized spacial score (nSPS) is 10.9. The summed E-state index contributed by atoms with van der Waals surface area (Å²) in [6, 6.07) is 10.4. The number of nitrogens with zero attached hydrogens (tertiary/aromatic N) is 1. The van der Waals surface area contributed by atoms with Crippen LogP contribution in [0.15, 0.2) is 42.6 Å². The van der Waals surface area contributed by atoms with Gasteiger partial charge in [-0.2, -0.15) is 0 Å². The smallest absolute Gasteiger partial charge is 0.213 e. The lowest BCUT2D eigenvalue weighted by Gasteiger charge is -2.09. The molecule has 3 nitrogen and oxygen atoms in total. The molecule has 0 amide bonds. The Bertz CT molecular complexity index is 555. The predicted molar refractivity (Wildman–Crippen MR) is 81.5 cm³/mol. The number of pyridine rings is 1. The first-order valence-electron chi connectivity index (χ1n) is 7.17. The van der Waals surface area contributed by atoms with E-state index in [2.05, 4.69) is 24.1 Å². The molecule has 0 bridgehead atoms. The van der Waals surface area contributed by atoms with Crippen LogP contribution in [-0.2, 0) is 13.2 Å². The Morgan fingerprint density at radius 3 is 2.67 bits per heavy atom. The molecular weight excluding hydrogens is 267 g/mol. The number of benzene rings is 1. The van der Waals surface area contributed by atoms with Gasteiger partial charge in [0.25, 0.3) is 0 Å².